The second kappa shape index (κ2) is 6.77. The van der Waals surface area contributed by atoms with Crippen molar-refractivity contribution in [2.75, 3.05) is 6.54 Å². The minimum absolute atomic E-state index is 0.181. The molecule has 0 aromatic rings. The van der Waals surface area contributed by atoms with E-state index in [4.69, 9.17) is 0 Å². The fourth-order valence-corrected chi connectivity index (χ4v) is 2.89. The van der Waals surface area contributed by atoms with E-state index in [9.17, 15) is 4.79 Å². The Morgan fingerprint density at radius 3 is 2.76 bits per heavy atom. The fraction of sp³-hybridized carbons (Fsp3) is 0.929. The van der Waals surface area contributed by atoms with Crippen LogP contribution in [0.15, 0.2) is 0 Å². The summed E-state index contributed by atoms with van der Waals surface area (Å²) in [6, 6.07) is 0. The first-order valence-corrected chi connectivity index (χ1v) is 7.80. The molecule has 0 spiro atoms. The van der Waals surface area contributed by atoms with Crippen LogP contribution in [0.5, 0.6) is 0 Å². The summed E-state index contributed by atoms with van der Waals surface area (Å²) in [5.41, 5.74) is 0.181. The van der Waals surface area contributed by atoms with E-state index >= 15 is 0 Å². The lowest BCUT2D eigenvalue weighted by Crippen LogP contribution is -2.41. The normalized spacial score (nSPS) is 25.3. The average Bonchev–Trinajstić information content (AvgIpc) is 2.27. The van der Waals surface area contributed by atoms with Crippen molar-refractivity contribution in [3.05, 3.63) is 0 Å². The highest BCUT2D eigenvalue weighted by Crippen LogP contribution is 2.40. The Bertz CT molecular complexity index is 253. The van der Waals surface area contributed by atoms with E-state index < -0.39 is 0 Å². The third-order valence-corrected chi connectivity index (χ3v) is 5.13. The Balaban J connectivity index is 2.36. The molecule has 1 aliphatic rings. The van der Waals surface area contributed by atoms with Crippen LogP contribution in [0.1, 0.15) is 59.3 Å². The lowest BCUT2D eigenvalue weighted by Gasteiger charge is -2.37. The summed E-state index contributed by atoms with van der Waals surface area (Å²) < 4.78 is 0. The summed E-state index contributed by atoms with van der Waals surface area (Å²) >= 11 is 3.59. The van der Waals surface area contributed by atoms with Crippen molar-refractivity contribution < 1.29 is 4.79 Å². The van der Waals surface area contributed by atoms with Crippen molar-refractivity contribution in [2.24, 2.45) is 11.3 Å². The highest BCUT2D eigenvalue weighted by atomic mass is 79.9. The molecule has 0 bridgehead atoms. The van der Waals surface area contributed by atoms with Crippen LogP contribution in [-0.4, -0.2) is 17.3 Å². The summed E-state index contributed by atoms with van der Waals surface area (Å²) in [4.78, 5) is 12.7. The van der Waals surface area contributed by atoms with Crippen molar-refractivity contribution in [3.63, 3.8) is 0 Å². The Hall–Kier alpha value is -0.0500. The first-order valence-electron chi connectivity index (χ1n) is 6.89. The minimum Gasteiger partial charge on any atom is -0.356 e. The number of rotatable bonds is 5. The van der Waals surface area contributed by atoms with E-state index in [2.05, 4.69) is 42.0 Å². The van der Waals surface area contributed by atoms with E-state index in [1.807, 2.05) is 0 Å². The third-order valence-electron chi connectivity index (χ3n) is 4.02. The molecule has 0 heterocycles. The zero-order valence-electron chi connectivity index (χ0n) is 11.4. The highest BCUT2D eigenvalue weighted by Gasteiger charge is 2.36. The van der Waals surface area contributed by atoms with Crippen LogP contribution in [0, 0.1) is 11.3 Å². The quantitative estimate of drug-likeness (QED) is 0.767. The van der Waals surface area contributed by atoms with E-state index in [-0.39, 0.29) is 17.2 Å². The Kier molecular flexibility index (Phi) is 5.98. The predicted molar refractivity (Wildman–Crippen MR) is 76.4 cm³/mol. The summed E-state index contributed by atoms with van der Waals surface area (Å²) in [6.07, 6.45) is 6.86. The maximum absolute atomic E-state index is 12.2. The summed E-state index contributed by atoms with van der Waals surface area (Å²) in [6.45, 7) is 7.42. The van der Waals surface area contributed by atoms with Gasteiger partial charge in [-0.25, -0.2) is 0 Å². The van der Waals surface area contributed by atoms with Crippen LogP contribution in [-0.2, 0) is 4.79 Å². The third kappa shape index (κ3) is 4.61. The summed E-state index contributed by atoms with van der Waals surface area (Å²) in [5.74, 6) is 0.483. The molecule has 1 amide bonds. The molecule has 0 aliphatic heterocycles. The van der Waals surface area contributed by atoms with E-state index in [0.717, 1.165) is 25.8 Å². The molecular weight excluding hydrogens is 278 g/mol. The molecule has 0 radical (unpaired) electrons. The van der Waals surface area contributed by atoms with Crippen LogP contribution >= 0.6 is 15.9 Å². The van der Waals surface area contributed by atoms with Gasteiger partial charge in [0.05, 0.1) is 0 Å². The van der Waals surface area contributed by atoms with E-state index in [1.54, 1.807) is 0 Å². The topological polar surface area (TPSA) is 29.1 Å². The number of hydrogen-bond donors (Lipinski definition) is 1. The SMILES string of the molecule is CCC(Br)CCNC(=O)C1CCCCC1(C)C. The van der Waals surface area contributed by atoms with Gasteiger partial charge in [-0.2, -0.15) is 0 Å². The molecule has 1 saturated carbocycles. The maximum atomic E-state index is 12.2. The monoisotopic (exact) mass is 303 g/mol. The van der Waals surface area contributed by atoms with Crippen molar-refractivity contribution in [1.82, 2.24) is 5.32 Å². The molecular formula is C14H26BrNO. The van der Waals surface area contributed by atoms with Gasteiger partial charge in [0.15, 0.2) is 0 Å². The second-order valence-electron chi connectivity index (χ2n) is 5.87. The van der Waals surface area contributed by atoms with Crippen LogP contribution < -0.4 is 5.32 Å². The Morgan fingerprint density at radius 1 is 1.47 bits per heavy atom. The lowest BCUT2D eigenvalue weighted by molar-refractivity contribution is -0.130. The Morgan fingerprint density at radius 2 is 2.18 bits per heavy atom. The molecule has 2 atom stereocenters. The second-order valence-corrected chi connectivity index (χ2v) is 7.17. The number of amides is 1. The molecule has 1 N–H and O–H groups in total. The molecule has 0 aromatic carbocycles. The van der Waals surface area contributed by atoms with Crippen molar-refractivity contribution in [2.45, 2.75) is 64.1 Å². The van der Waals surface area contributed by atoms with Gasteiger partial charge in [0, 0.05) is 17.3 Å². The molecule has 1 fully saturated rings. The molecule has 1 rings (SSSR count). The average molecular weight is 304 g/mol. The first kappa shape index (κ1) is 15.0. The molecule has 2 nitrogen and oxygen atoms in total. The molecule has 0 saturated heterocycles. The largest absolute Gasteiger partial charge is 0.356 e. The number of alkyl halides is 1. The lowest BCUT2D eigenvalue weighted by atomic mass is 9.68. The molecule has 17 heavy (non-hydrogen) atoms. The van der Waals surface area contributed by atoms with Crippen LogP contribution in [0.25, 0.3) is 0 Å². The van der Waals surface area contributed by atoms with Gasteiger partial charge >= 0.3 is 0 Å². The standard InChI is InChI=1S/C14H26BrNO/c1-4-11(15)8-10-16-13(17)12-7-5-6-9-14(12,2)3/h11-12H,4-10H2,1-3H3,(H,16,17). The van der Waals surface area contributed by atoms with Crippen LogP contribution in [0.2, 0.25) is 0 Å². The number of nitrogens with one attached hydrogen (secondary N) is 1. The van der Waals surface area contributed by atoms with Gasteiger partial charge in [0.2, 0.25) is 5.91 Å². The molecule has 2 unspecified atom stereocenters. The van der Waals surface area contributed by atoms with Gasteiger partial charge in [-0.15, -0.1) is 0 Å². The zero-order valence-corrected chi connectivity index (χ0v) is 13.0. The van der Waals surface area contributed by atoms with Gasteiger partial charge in [-0.1, -0.05) is 49.5 Å². The Labute approximate surface area is 114 Å². The molecule has 100 valence electrons. The van der Waals surface area contributed by atoms with Crippen LogP contribution in [0.3, 0.4) is 0 Å². The van der Waals surface area contributed by atoms with Gasteiger partial charge in [-0.3, -0.25) is 4.79 Å². The van der Waals surface area contributed by atoms with E-state index in [0.29, 0.717) is 4.83 Å². The number of hydrogen-bond acceptors (Lipinski definition) is 1. The molecule has 0 aromatic heterocycles. The number of carbonyl (C=O) groups excluding carboxylic acids is 1. The summed E-state index contributed by atoms with van der Waals surface area (Å²) in [5, 5.41) is 3.10. The number of halogens is 1. The highest BCUT2D eigenvalue weighted by molar-refractivity contribution is 9.09. The minimum atomic E-state index is 0.181. The molecule has 3 heteroatoms. The zero-order chi connectivity index (χ0) is 12.9. The smallest absolute Gasteiger partial charge is 0.223 e. The maximum Gasteiger partial charge on any atom is 0.223 e. The number of carbonyl (C=O) groups is 1. The molecule has 1 aliphatic carbocycles. The van der Waals surface area contributed by atoms with E-state index in [1.165, 1.54) is 19.3 Å². The van der Waals surface area contributed by atoms with Gasteiger partial charge in [0.1, 0.15) is 0 Å². The van der Waals surface area contributed by atoms with Crippen molar-refractivity contribution in [3.8, 4) is 0 Å². The van der Waals surface area contributed by atoms with Crippen molar-refractivity contribution >= 4 is 21.8 Å². The summed E-state index contributed by atoms with van der Waals surface area (Å²) in [7, 11) is 0. The van der Waals surface area contributed by atoms with Gasteiger partial charge in [-0.05, 0) is 31.1 Å². The van der Waals surface area contributed by atoms with Gasteiger partial charge < -0.3 is 5.32 Å². The fourth-order valence-electron chi connectivity index (χ4n) is 2.66. The van der Waals surface area contributed by atoms with Crippen molar-refractivity contribution in [1.29, 1.82) is 0 Å². The van der Waals surface area contributed by atoms with Gasteiger partial charge in [0.25, 0.3) is 0 Å². The first-order chi connectivity index (χ1) is 7.97. The predicted octanol–water partition coefficient (Wildman–Crippen LogP) is 3.88. The van der Waals surface area contributed by atoms with Crippen LogP contribution in [0.4, 0.5) is 0 Å².